The molecule has 1 aromatic carbocycles. The number of hydrogen-bond donors (Lipinski definition) is 0. The van der Waals surface area contributed by atoms with Crippen LogP contribution in [0.4, 0.5) is 4.39 Å². The fourth-order valence-electron chi connectivity index (χ4n) is 2.92. The van der Waals surface area contributed by atoms with Gasteiger partial charge in [-0.3, -0.25) is 14.2 Å². The van der Waals surface area contributed by atoms with E-state index in [0.717, 1.165) is 35.0 Å². The van der Waals surface area contributed by atoms with E-state index in [1.165, 1.54) is 40.2 Å². The number of nitrogens with zero attached hydrogens (tertiary/aromatic N) is 2. The van der Waals surface area contributed by atoms with Crippen LogP contribution in [-0.2, 0) is 16.0 Å². The second kappa shape index (κ2) is 8.87. The van der Waals surface area contributed by atoms with Crippen LogP contribution < -0.4 is 5.56 Å². The highest BCUT2D eigenvalue weighted by atomic mass is 32.2. The predicted molar refractivity (Wildman–Crippen MR) is 111 cm³/mol. The number of aromatic nitrogens is 2. The molecule has 0 saturated carbocycles. The first-order chi connectivity index (χ1) is 13.5. The van der Waals surface area contributed by atoms with Crippen LogP contribution in [-0.4, -0.2) is 27.9 Å². The Hall–Kier alpha value is -2.19. The Labute approximate surface area is 170 Å². The summed E-state index contributed by atoms with van der Waals surface area (Å²) in [6.45, 7) is 6.06. The second-order valence-electron chi connectivity index (χ2n) is 6.19. The number of rotatable bonds is 7. The molecule has 0 bridgehead atoms. The summed E-state index contributed by atoms with van der Waals surface area (Å²) in [5.74, 6) is -0.718. The lowest BCUT2D eigenvalue weighted by atomic mass is 10.1. The number of hydrogen-bond acceptors (Lipinski definition) is 6. The zero-order valence-corrected chi connectivity index (χ0v) is 17.6. The van der Waals surface area contributed by atoms with Gasteiger partial charge in [-0.25, -0.2) is 9.37 Å². The average Bonchev–Trinajstić information content (AvgIpc) is 2.97. The molecule has 8 heteroatoms. The van der Waals surface area contributed by atoms with Gasteiger partial charge in [0.1, 0.15) is 10.6 Å². The van der Waals surface area contributed by atoms with Gasteiger partial charge in [-0.1, -0.05) is 25.1 Å². The fraction of sp³-hybridized carbons (Fsp3) is 0.350. The molecule has 0 amide bonds. The molecule has 0 N–H and O–H groups in total. The van der Waals surface area contributed by atoms with Crippen molar-refractivity contribution in [1.82, 2.24) is 9.55 Å². The molecule has 5 nitrogen and oxygen atoms in total. The Kier molecular flexibility index (Phi) is 6.51. The van der Waals surface area contributed by atoms with Gasteiger partial charge >= 0.3 is 5.97 Å². The Morgan fingerprint density at radius 1 is 1.29 bits per heavy atom. The van der Waals surface area contributed by atoms with Gasteiger partial charge < -0.3 is 4.74 Å². The highest BCUT2D eigenvalue weighted by Gasteiger charge is 2.20. The van der Waals surface area contributed by atoms with Crippen LogP contribution in [0, 0.1) is 12.7 Å². The number of aryl methyl sites for hydroxylation is 2. The number of esters is 1. The number of carbonyl (C=O) groups excluding carboxylic acids is 1. The standard InChI is InChI=1S/C20H21FN2O3S2/c1-4-6-15-12(3)17-18(28-15)22-20(27-11-16(24)26-5-2)23(19(17)25)14-9-7-13(21)8-10-14/h7-10H,4-6,11H2,1-3H3. The normalized spacial score (nSPS) is 11.1. The summed E-state index contributed by atoms with van der Waals surface area (Å²) < 4.78 is 19.8. The Balaban J connectivity index is 2.17. The van der Waals surface area contributed by atoms with Crippen molar-refractivity contribution < 1.29 is 13.9 Å². The molecule has 0 aliphatic carbocycles. The smallest absolute Gasteiger partial charge is 0.316 e. The quantitative estimate of drug-likeness (QED) is 0.320. The van der Waals surface area contributed by atoms with E-state index >= 15 is 0 Å². The number of ether oxygens (including phenoxy) is 1. The summed E-state index contributed by atoms with van der Waals surface area (Å²) in [7, 11) is 0. The van der Waals surface area contributed by atoms with Crippen molar-refractivity contribution in [3.8, 4) is 5.69 Å². The maximum absolute atomic E-state index is 13.4. The lowest BCUT2D eigenvalue weighted by Gasteiger charge is -2.12. The molecule has 2 heterocycles. The van der Waals surface area contributed by atoms with Crippen LogP contribution in [0.1, 0.15) is 30.7 Å². The van der Waals surface area contributed by atoms with Gasteiger partial charge in [0, 0.05) is 4.88 Å². The highest BCUT2D eigenvalue weighted by molar-refractivity contribution is 7.99. The van der Waals surface area contributed by atoms with Gasteiger partial charge in [-0.2, -0.15) is 0 Å². The van der Waals surface area contributed by atoms with E-state index < -0.39 is 0 Å². The first kappa shape index (κ1) is 20.5. The summed E-state index contributed by atoms with van der Waals surface area (Å²) >= 11 is 2.66. The van der Waals surface area contributed by atoms with Gasteiger partial charge in [0.2, 0.25) is 0 Å². The number of fused-ring (bicyclic) bond motifs is 1. The van der Waals surface area contributed by atoms with E-state index in [1.54, 1.807) is 6.92 Å². The number of benzene rings is 1. The van der Waals surface area contributed by atoms with E-state index in [0.29, 0.717) is 27.7 Å². The third-order valence-corrected chi connectivity index (χ3v) is 6.38. The molecule has 0 spiro atoms. The third kappa shape index (κ3) is 4.12. The molecule has 0 unspecified atom stereocenters. The Morgan fingerprint density at radius 2 is 2.00 bits per heavy atom. The molecule has 0 atom stereocenters. The molecule has 0 aliphatic rings. The van der Waals surface area contributed by atoms with E-state index in [4.69, 9.17) is 4.74 Å². The van der Waals surface area contributed by atoms with Gasteiger partial charge in [-0.15, -0.1) is 11.3 Å². The molecule has 0 saturated heterocycles. The fourth-order valence-corrected chi connectivity index (χ4v) is 5.05. The van der Waals surface area contributed by atoms with E-state index in [1.807, 2.05) is 6.92 Å². The van der Waals surface area contributed by atoms with Crippen LogP contribution in [0.3, 0.4) is 0 Å². The van der Waals surface area contributed by atoms with Crippen molar-refractivity contribution in [2.45, 2.75) is 38.8 Å². The third-order valence-electron chi connectivity index (χ3n) is 4.22. The van der Waals surface area contributed by atoms with Crippen LogP contribution in [0.5, 0.6) is 0 Å². The minimum Gasteiger partial charge on any atom is -0.465 e. The van der Waals surface area contributed by atoms with E-state index in [9.17, 15) is 14.0 Å². The van der Waals surface area contributed by atoms with Crippen LogP contribution in [0.25, 0.3) is 15.9 Å². The van der Waals surface area contributed by atoms with Crippen LogP contribution in [0.15, 0.2) is 34.2 Å². The average molecular weight is 421 g/mol. The minimum atomic E-state index is -0.386. The molecule has 0 aliphatic heterocycles. The topological polar surface area (TPSA) is 61.2 Å². The van der Waals surface area contributed by atoms with Crippen molar-refractivity contribution in [3.63, 3.8) is 0 Å². The molecular weight excluding hydrogens is 399 g/mol. The SMILES string of the molecule is CCCc1sc2nc(SCC(=O)OCC)n(-c3ccc(F)cc3)c(=O)c2c1C. The first-order valence-electron chi connectivity index (χ1n) is 9.05. The van der Waals surface area contributed by atoms with Gasteiger partial charge in [-0.05, 0) is 50.1 Å². The largest absolute Gasteiger partial charge is 0.465 e. The molecular formula is C20H21FN2O3S2. The number of thioether (sulfide) groups is 1. The Morgan fingerprint density at radius 3 is 2.64 bits per heavy atom. The van der Waals surface area contributed by atoms with Crippen molar-refractivity contribution in [1.29, 1.82) is 0 Å². The Bertz CT molecular complexity index is 1060. The monoisotopic (exact) mass is 420 g/mol. The van der Waals surface area contributed by atoms with Crippen molar-refractivity contribution in [2.24, 2.45) is 0 Å². The summed E-state index contributed by atoms with van der Waals surface area (Å²) in [5.41, 5.74) is 1.24. The van der Waals surface area contributed by atoms with Crippen LogP contribution >= 0.6 is 23.1 Å². The minimum absolute atomic E-state index is 0.0408. The lowest BCUT2D eigenvalue weighted by molar-refractivity contribution is -0.139. The molecule has 0 radical (unpaired) electrons. The van der Waals surface area contributed by atoms with E-state index in [-0.39, 0.29) is 23.1 Å². The van der Waals surface area contributed by atoms with Gasteiger partial charge in [0.25, 0.3) is 5.56 Å². The number of halogens is 1. The van der Waals surface area contributed by atoms with E-state index in [2.05, 4.69) is 11.9 Å². The second-order valence-corrected chi connectivity index (χ2v) is 8.21. The van der Waals surface area contributed by atoms with Crippen LogP contribution in [0.2, 0.25) is 0 Å². The van der Waals surface area contributed by atoms with Crippen molar-refractivity contribution >= 4 is 39.3 Å². The predicted octanol–water partition coefficient (Wildman–Crippen LogP) is 4.50. The first-order valence-corrected chi connectivity index (χ1v) is 10.9. The summed E-state index contributed by atoms with van der Waals surface area (Å²) in [6.07, 6.45) is 1.86. The molecule has 3 rings (SSSR count). The highest BCUT2D eigenvalue weighted by Crippen LogP contribution is 2.31. The summed E-state index contributed by atoms with van der Waals surface area (Å²) in [6, 6.07) is 5.67. The zero-order valence-electron chi connectivity index (χ0n) is 16.0. The molecule has 3 aromatic rings. The van der Waals surface area contributed by atoms with Crippen molar-refractivity contribution in [3.05, 3.63) is 50.9 Å². The summed E-state index contributed by atoms with van der Waals surface area (Å²) in [5, 5.41) is 0.972. The molecule has 0 fully saturated rings. The lowest BCUT2D eigenvalue weighted by Crippen LogP contribution is -2.22. The molecule has 28 heavy (non-hydrogen) atoms. The van der Waals surface area contributed by atoms with Gasteiger partial charge in [0.15, 0.2) is 5.16 Å². The maximum Gasteiger partial charge on any atom is 0.316 e. The summed E-state index contributed by atoms with van der Waals surface area (Å²) in [4.78, 5) is 31.6. The molecule has 148 valence electrons. The maximum atomic E-state index is 13.4. The van der Waals surface area contributed by atoms with Gasteiger partial charge in [0.05, 0.1) is 23.4 Å². The zero-order chi connectivity index (χ0) is 20.3. The number of carbonyl (C=O) groups is 1. The van der Waals surface area contributed by atoms with Crippen molar-refractivity contribution in [2.75, 3.05) is 12.4 Å². The molecule has 2 aromatic heterocycles. The number of thiophene rings is 1.